The minimum Gasteiger partial charge on any atom is -0.493 e. The van der Waals surface area contributed by atoms with Crippen molar-refractivity contribution in [3.05, 3.63) is 47.5 Å². The third-order valence-corrected chi connectivity index (χ3v) is 2.99. The van der Waals surface area contributed by atoms with Crippen LogP contribution >= 0.6 is 0 Å². The van der Waals surface area contributed by atoms with E-state index in [1.165, 1.54) is 14.2 Å². The highest BCUT2D eigenvalue weighted by atomic mass is 19.1. The average molecular weight is 279 g/mol. The Kier molecular flexibility index (Phi) is 4.20. The van der Waals surface area contributed by atoms with Gasteiger partial charge in [-0.25, -0.2) is 8.78 Å². The van der Waals surface area contributed by atoms with Crippen molar-refractivity contribution >= 4 is 0 Å². The molecule has 0 heterocycles. The summed E-state index contributed by atoms with van der Waals surface area (Å²) >= 11 is 0. The van der Waals surface area contributed by atoms with Gasteiger partial charge in [0.15, 0.2) is 11.5 Å². The van der Waals surface area contributed by atoms with Gasteiger partial charge in [-0.15, -0.1) is 0 Å². The highest BCUT2D eigenvalue weighted by Gasteiger charge is 2.17. The molecule has 0 spiro atoms. The summed E-state index contributed by atoms with van der Waals surface area (Å²) in [4.78, 5) is 0. The zero-order valence-electron chi connectivity index (χ0n) is 11.2. The predicted octanol–water partition coefficient (Wildman–Crippen LogP) is 3.11. The number of benzene rings is 2. The fourth-order valence-corrected chi connectivity index (χ4v) is 2.04. The SMILES string of the molecule is COc1cc(CN)cc(-c2cc(F)ccc2F)c1OC. The third kappa shape index (κ3) is 2.58. The van der Waals surface area contributed by atoms with Crippen molar-refractivity contribution in [1.29, 1.82) is 0 Å². The van der Waals surface area contributed by atoms with E-state index in [4.69, 9.17) is 15.2 Å². The van der Waals surface area contributed by atoms with Gasteiger partial charge in [0.25, 0.3) is 0 Å². The largest absolute Gasteiger partial charge is 0.493 e. The molecule has 0 aliphatic heterocycles. The van der Waals surface area contributed by atoms with E-state index in [1.807, 2.05) is 0 Å². The Morgan fingerprint density at radius 1 is 1.00 bits per heavy atom. The zero-order chi connectivity index (χ0) is 14.7. The lowest BCUT2D eigenvalue weighted by molar-refractivity contribution is 0.355. The minimum absolute atomic E-state index is 0.107. The topological polar surface area (TPSA) is 44.5 Å². The summed E-state index contributed by atoms with van der Waals surface area (Å²) < 4.78 is 37.8. The van der Waals surface area contributed by atoms with Gasteiger partial charge in [0.1, 0.15) is 11.6 Å². The second kappa shape index (κ2) is 5.88. The number of hydrogen-bond donors (Lipinski definition) is 1. The van der Waals surface area contributed by atoms with Gasteiger partial charge >= 0.3 is 0 Å². The maximum atomic E-state index is 13.9. The number of hydrogen-bond acceptors (Lipinski definition) is 3. The van der Waals surface area contributed by atoms with Crippen molar-refractivity contribution in [2.24, 2.45) is 5.73 Å². The number of methoxy groups -OCH3 is 2. The lowest BCUT2D eigenvalue weighted by Crippen LogP contribution is -2.01. The molecule has 20 heavy (non-hydrogen) atoms. The summed E-state index contributed by atoms with van der Waals surface area (Å²) in [6.45, 7) is 0.254. The van der Waals surface area contributed by atoms with Crippen molar-refractivity contribution in [1.82, 2.24) is 0 Å². The molecule has 0 unspecified atom stereocenters. The van der Waals surface area contributed by atoms with Crippen molar-refractivity contribution in [2.75, 3.05) is 14.2 Å². The van der Waals surface area contributed by atoms with Crippen molar-refractivity contribution in [3.8, 4) is 22.6 Å². The molecule has 0 aliphatic carbocycles. The van der Waals surface area contributed by atoms with Crippen LogP contribution in [0.25, 0.3) is 11.1 Å². The summed E-state index contributed by atoms with van der Waals surface area (Å²) in [5.74, 6) is -0.301. The standard InChI is InChI=1S/C15H15F2NO2/c1-19-14-6-9(8-18)5-12(15(14)20-2)11-7-10(16)3-4-13(11)17/h3-7H,8,18H2,1-2H3. The maximum absolute atomic E-state index is 13.9. The summed E-state index contributed by atoms with van der Waals surface area (Å²) in [5, 5.41) is 0. The van der Waals surface area contributed by atoms with Gasteiger partial charge in [-0.05, 0) is 35.9 Å². The van der Waals surface area contributed by atoms with Gasteiger partial charge in [0.2, 0.25) is 0 Å². The van der Waals surface area contributed by atoms with E-state index in [0.717, 1.165) is 23.8 Å². The fourth-order valence-electron chi connectivity index (χ4n) is 2.04. The number of rotatable bonds is 4. The monoisotopic (exact) mass is 279 g/mol. The molecule has 0 fully saturated rings. The molecule has 2 aromatic rings. The van der Waals surface area contributed by atoms with E-state index in [9.17, 15) is 8.78 Å². The molecule has 5 heteroatoms. The summed E-state index contributed by atoms with van der Waals surface area (Å²) in [6.07, 6.45) is 0. The van der Waals surface area contributed by atoms with Crippen molar-refractivity contribution < 1.29 is 18.3 Å². The fraction of sp³-hybridized carbons (Fsp3) is 0.200. The highest BCUT2D eigenvalue weighted by Crippen LogP contribution is 2.40. The van der Waals surface area contributed by atoms with Crippen LogP contribution in [0.15, 0.2) is 30.3 Å². The van der Waals surface area contributed by atoms with Crippen LogP contribution < -0.4 is 15.2 Å². The lowest BCUT2D eigenvalue weighted by Gasteiger charge is -2.15. The Labute approximate surface area is 115 Å². The maximum Gasteiger partial charge on any atom is 0.168 e. The first-order valence-corrected chi connectivity index (χ1v) is 6.01. The quantitative estimate of drug-likeness (QED) is 0.935. The van der Waals surface area contributed by atoms with Gasteiger partial charge in [-0.3, -0.25) is 0 Å². The van der Waals surface area contributed by atoms with Gasteiger partial charge in [-0.2, -0.15) is 0 Å². The van der Waals surface area contributed by atoms with Gasteiger partial charge in [-0.1, -0.05) is 0 Å². The average Bonchev–Trinajstić information content (AvgIpc) is 2.48. The second-order valence-corrected chi connectivity index (χ2v) is 4.21. The molecular weight excluding hydrogens is 264 g/mol. The van der Waals surface area contributed by atoms with E-state index in [1.54, 1.807) is 12.1 Å². The first-order chi connectivity index (χ1) is 9.60. The number of nitrogens with two attached hydrogens (primary N) is 1. The first-order valence-electron chi connectivity index (χ1n) is 6.01. The highest BCUT2D eigenvalue weighted by molar-refractivity contribution is 5.75. The van der Waals surface area contributed by atoms with Gasteiger partial charge < -0.3 is 15.2 Å². The molecule has 2 rings (SSSR count). The van der Waals surface area contributed by atoms with E-state index in [-0.39, 0.29) is 12.1 Å². The third-order valence-electron chi connectivity index (χ3n) is 2.99. The van der Waals surface area contributed by atoms with E-state index in [0.29, 0.717) is 17.1 Å². The van der Waals surface area contributed by atoms with Gasteiger partial charge in [0.05, 0.1) is 14.2 Å². The Balaban J connectivity index is 2.74. The summed E-state index contributed by atoms with van der Waals surface area (Å²) in [6, 6.07) is 6.63. The minimum atomic E-state index is -0.541. The Bertz CT molecular complexity index is 630. The molecule has 3 nitrogen and oxygen atoms in total. The number of halogens is 2. The van der Waals surface area contributed by atoms with Crippen LogP contribution in [0, 0.1) is 11.6 Å². The predicted molar refractivity (Wildman–Crippen MR) is 72.8 cm³/mol. The van der Waals surface area contributed by atoms with Crippen LogP contribution in [0.2, 0.25) is 0 Å². The zero-order valence-corrected chi connectivity index (χ0v) is 11.2. The van der Waals surface area contributed by atoms with Crippen LogP contribution in [0.4, 0.5) is 8.78 Å². The molecule has 0 amide bonds. The Morgan fingerprint density at radius 3 is 2.35 bits per heavy atom. The summed E-state index contributed by atoms with van der Waals surface area (Å²) in [7, 11) is 2.92. The molecule has 0 saturated carbocycles. The molecule has 0 bridgehead atoms. The van der Waals surface area contributed by atoms with Crippen molar-refractivity contribution in [3.63, 3.8) is 0 Å². The molecule has 2 N–H and O–H groups in total. The van der Waals surface area contributed by atoms with Crippen LogP contribution in [-0.4, -0.2) is 14.2 Å². The van der Waals surface area contributed by atoms with E-state index < -0.39 is 11.6 Å². The normalized spacial score (nSPS) is 10.4. The number of ether oxygens (including phenoxy) is 2. The molecule has 106 valence electrons. The molecule has 0 saturated heterocycles. The van der Waals surface area contributed by atoms with Crippen LogP contribution in [-0.2, 0) is 6.54 Å². The van der Waals surface area contributed by atoms with E-state index >= 15 is 0 Å². The Hall–Kier alpha value is -2.14. The van der Waals surface area contributed by atoms with Gasteiger partial charge in [0, 0.05) is 17.7 Å². The summed E-state index contributed by atoms with van der Waals surface area (Å²) in [5.41, 5.74) is 6.87. The van der Waals surface area contributed by atoms with Crippen LogP contribution in [0.5, 0.6) is 11.5 Å². The van der Waals surface area contributed by atoms with Crippen molar-refractivity contribution in [2.45, 2.75) is 6.54 Å². The molecule has 2 aromatic carbocycles. The first kappa shape index (κ1) is 14.3. The van der Waals surface area contributed by atoms with Crippen LogP contribution in [0.3, 0.4) is 0 Å². The smallest absolute Gasteiger partial charge is 0.168 e. The molecule has 0 aromatic heterocycles. The molecular formula is C15H15F2NO2. The molecule has 0 atom stereocenters. The lowest BCUT2D eigenvalue weighted by atomic mass is 10.0. The van der Waals surface area contributed by atoms with Crippen LogP contribution in [0.1, 0.15) is 5.56 Å². The molecule has 0 radical (unpaired) electrons. The Morgan fingerprint density at radius 2 is 1.75 bits per heavy atom. The molecule has 0 aliphatic rings. The second-order valence-electron chi connectivity index (χ2n) is 4.21. The van der Waals surface area contributed by atoms with E-state index in [2.05, 4.69) is 0 Å².